The number of amides is 1. The molecule has 1 N–H and O–H groups in total. The highest BCUT2D eigenvalue weighted by atomic mass is 35.5. The van der Waals surface area contributed by atoms with Crippen LogP contribution >= 0.6 is 23.2 Å². The summed E-state index contributed by atoms with van der Waals surface area (Å²) >= 11 is 11.9. The maximum absolute atomic E-state index is 12.3. The van der Waals surface area contributed by atoms with E-state index in [0.717, 1.165) is 28.8 Å². The van der Waals surface area contributed by atoms with E-state index in [1.807, 2.05) is 36.6 Å². The molecular formula is C25H19Cl2N5O4. The van der Waals surface area contributed by atoms with Crippen LogP contribution in [0.1, 0.15) is 27.3 Å². The van der Waals surface area contributed by atoms with Crippen LogP contribution in [0.2, 0.25) is 10.0 Å². The molecule has 0 unspecified atom stereocenters. The van der Waals surface area contributed by atoms with E-state index in [2.05, 4.69) is 15.5 Å². The number of aromatic nitrogens is 2. The number of hydrazone groups is 1. The van der Waals surface area contributed by atoms with Gasteiger partial charge in [0.15, 0.2) is 0 Å². The lowest BCUT2D eigenvalue weighted by atomic mass is 10.2. The molecule has 182 valence electrons. The average molecular weight is 524 g/mol. The topological polar surface area (TPSA) is 112 Å². The van der Waals surface area contributed by atoms with E-state index in [9.17, 15) is 14.9 Å². The fourth-order valence-corrected chi connectivity index (χ4v) is 3.80. The Hall–Kier alpha value is -4.21. The van der Waals surface area contributed by atoms with E-state index in [1.165, 1.54) is 18.2 Å². The van der Waals surface area contributed by atoms with E-state index in [0.29, 0.717) is 16.3 Å². The molecular weight excluding hydrogens is 505 g/mol. The average Bonchev–Trinajstić information content (AvgIpc) is 3.14. The molecule has 4 aromatic rings. The number of hydrogen-bond acceptors (Lipinski definition) is 6. The summed E-state index contributed by atoms with van der Waals surface area (Å²) in [5.74, 6) is 0.384. The highest BCUT2D eigenvalue weighted by molar-refractivity contribution is 6.42. The molecule has 0 fully saturated rings. The highest BCUT2D eigenvalue weighted by Gasteiger charge is 2.12. The molecule has 36 heavy (non-hydrogen) atoms. The zero-order valence-corrected chi connectivity index (χ0v) is 20.6. The largest absolute Gasteiger partial charge is 0.439 e. The van der Waals surface area contributed by atoms with E-state index in [1.54, 1.807) is 30.5 Å². The van der Waals surface area contributed by atoms with Crippen molar-refractivity contribution < 1.29 is 14.5 Å². The first-order chi connectivity index (χ1) is 17.2. The second-order valence-corrected chi connectivity index (χ2v) is 8.51. The Morgan fingerprint density at radius 1 is 1.08 bits per heavy atom. The van der Waals surface area contributed by atoms with Gasteiger partial charge >= 0.3 is 0 Å². The zero-order chi connectivity index (χ0) is 25.8. The van der Waals surface area contributed by atoms with E-state index >= 15 is 0 Å². The van der Waals surface area contributed by atoms with Crippen LogP contribution in [0.4, 0.5) is 5.69 Å². The van der Waals surface area contributed by atoms with Crippen LogP contribution in [0, 0.1) is 24.0 Å². The molecule has 2 aromatic carbocycles. The number of nitrogens with zero attached hydrogens (tertiary/aromatic N) is 4. The van der Waals surface area contributed by atoms with Crippen molar-refractivity contribution >= 4 is 41.0 Å². The highest BCUT2D eigenvalue weighted by Crippen LogP contribution is 2.25. The van der Waals surface area contributed by atoms with Crippen molar-refractivity contribution in [2.24, 2.45) is 5.10 Å². The first-order valence-electron chi connectivity index (χ1n) is 10.6. The standard InChI is InChI=1S/C25H19Cl2N5O4/c1-15-11-18(13-29-30-25(33)17-3-9-22(26)23(27)12-17)16(2)31(15)19-4-7-21(8-5-19)36-24-10-6-20(14-28-24)32(34)35/h3-14H,1-2H3,(H,30,33)/b29-13-. The molecule has 0 aliphatic carbocycles. The van der Waals surface area contributed by atoms with Gasteiger partial charge in [-0.3, -0.25) is 14.9 Å². The molecule has 0 spiro atoms. The van der Waals surface area contributed by atoms with Gasteiger partial charge in [0.2, 0.25) is 5.88 Å². The molecule has 2 aromatic heterocycles. The minimum Gasteiger partial charge on any atom is -0.439 e. The Labute approximate surface area is 216 Å². The summed E-state index contributed by atoms with van der Waals surface area (Å²) in [6, 6.07) is 16.6. The number of hydrogen-bond donors (Lipinski definition) is 1. The summed E-state index contributed by atoms with van der Waals surface area (Å²) in [7, 11) is 0. The van der Waals surface area contributed by atoms with Crippen LogP contribution in [0.15, 0.2) is 72.0 Å². The van der Waals surface area contributed by atoms with Crippen LogP contribution in [0.25, 0.3) is 5.69 Å². The van der Waals surface area contributed by atoms with Crippen LogP contribution in [-0.2, 0) is 0 Å². The van der Waals surface area contributed by atoms with Gasteiger partial charge in [0, 0.05) is 40.3 Å². The maximum atomic E-state index is 12.3. The monoisotopic (exact) mass is 523 g/mol. The summed E-state index contributed by atoms with van der Waals surface area (Å²) in [4.78, 5) is 26.5. The number of halogens is 2. The molecule has 0 aliphatic rings. The van der Waals surface area contributed by atoms with Crippen LogP contribution in [0.3, 0.4) is 0 Å². The van der Waals surface area contributed by atoms with Gasteiger partial charge in [-0.1, -0.05) is 23.2 Å². The van der Waals surface area contributed by atoms with E-state index < -0.39 is 10.8 Å². The zero-order valence-electron chi connectivity index (χ0n) is 19.1. The Balaban J connectivity index is 1.45. The number of pyridine rings is 1. The van der Waals surface area contributed by atoms with Gasteiger partial charge in [-0.05, 0) is 62.4 Å². The van der Waals surface area contributed by atoms with Crippen molar-refractivity contribution in [3.05, 3.63) is 110 Å². The second kappa shape index (κ2) is 10.6. The molecule has 0 atom stereocenters. The van der Waals surface area contributed by atoms with Gasteiger partial charge in [0.1, 0.15) is 11.9 Å². The minimum atomic E-state index is -0.518. The first kappa shape index (κ1) is 24.9. The van der Waals surface area contributed by atoms with Crippen LogP contribution in [0.5, 0.6) is 11.6 Å². The lowest BCUT2D eigenvalue weighted by Crippen LogP contribution is -2.17. The lowest BCUT2D eigenvalue weighted by Gasteiger charge is -2.11. The predicted molar refractivity (Wildman–Crippen MR) is 138 cm³/mol. The summed E-state index contributed by atoms with van der Waals surface area (Å²) < 4.78 is 7.71. The summed E-state index contributed by atoms with van der Waals surface area (Å²) in [6.45, 7) is 3.91. The molecule has 11 heteroatoms. The number of carbonyl (C=O) groups excluding carboxylic acids is 1. The van der Waals surface area contributed by atoms with Gasteiger partial charge in [0.25, 0.3) is 11.6 Å². The molecule has 4 rings (SSSR count). The third-order valence-electron chi connectivity index (χ3n) is 5.27. The number of benzene rings is 2. The van der Waals surface area contributed by atoms with Gasteiger partial charge in [-0.25, -0.2) is 10.4 Å². The number of rotatable bonds is 7. The Morgan fingerprint density at radius 2 is 1.83 bits per heavy atom. The summed E-state index contributed by atoms with van der Waals surface area (Å²) in [5.41, 5.74) is 6.35. The number of nitro groups is 1. The van der Waals surface area contributed by atoms with Crippen molar-refractivity contribution in [1.29, 1.82) is 0 Å². The second-order valence-electron chi connectivity index (χ2n) is 7.70. The minimum absolute atomic E-state index is 0.107. The van der Waals surface area contributed by atoms with E-state index in [4.69, 9.17) is 27.9 Å². The van der Waals surface area contributed by atoms with E-state index in [-0.39, 0.29) is 16.6 Å². The van der Waals surface area contributed by atoms with Crippen LogP contribution < -0.4 is 10.2 Å². The summed E-state index contributed by atoms with van der Waals surface area (Å²) in [5, 5.41) is 15.5. The number of ether oxygens (including phenoxy) is 1. The SMILES string of the molecule is Cc1cc(/C=N\NC(=O)c2ccc(Cl)c(Cl)c2)c(C)n1-c1ccc(Oc2ccc([N+](=O)[O-])cn2)cc1. The van der Waals surface area contributed by atoms with Crippen molar-refractivity contribution in [3.63, 3.8) is 0 Å². The Morgan fingerprint density at radius 3 is 2.47 bits per heavy atom. The van der Waals surface area contributed by atoms with Gasteiger partial charge in [0.05, 0.1) is 21.2 Å². The smallest absolute Gasteiger partial charge is 0.287 e. The predicted octanol–water partition coefficient (Wildman–Crippen LogP) is 6.26. The summed E-state index contributed by atoms with van der Waals surface area (Å²) in [6.07, 6.45) is 2.72. The fraction of sp³-hybridized carbons (Fsp3) is 0.0800. The lowest BCUT2D eigenvalue weighted by molar-refractivity contribution is -0.385. The third kappa shape index (κ3) is 5.54. The van der Waals surface area contributed by atoms with Crippen LogP contribution in [-0.4, -0.2) is 26.6 Å². The number of nitrogens with one attached hydrogen (secondary N) is 1. The normalized spacial score (nSPS) is 11.0. The molecule has 2 heterocycles. The van der Waals surface area contributed by atoms with Crippen molar-refractivity contribution in [2.45, 2.75) is 13.8 Å². The van der Waals surface area contributed by atoms with Gasteiger partial charge in [-0.2, -0.15) is 5.10 Å². The van der Waals surface area contributed by atoms with Crippen molar-refractivity contribution in [1.82, 2.24) is 15.0 Å². The first-order valence-corrected chi connectivity index (χ1v) is 11.3. The van der Waals surface area contributed by atoms with Crippen molar-refractivity contribution in [3.8, 4) is 17.3 Å². The molecule has 9 nitrogen and oxygen atoms in total. The fourth-order valence-electron chi connectivity index (χ4n) is 3.50. The van der Waals surface area contributed by atoms with Gasteiger partial charge in [-0.15, -0.1) is 0 Å². The molecule has 0 aliphatic heterocycles. The molecule has 0 radical (unpaired) electrons. The molecule has 0 saturated carbocycles. The molecule has 0 saturated heterocycles. The Bertz CT molecular complexity index is 1470. The Kier molecular flexibility index (Phi) is 7.33. The van der Waals surface area contributed by atoms with Crippen molar-refractivity contribution in [2.75, 3.05) is 0 Å². The third-order valence-corrected chi connectivity index (χ3v) is 6.01. The number of carbonyl (C=O) groups is 1. The van der Waals surface area contributed by atoms with Gasteiger partial charge < -0.3 is 9.30 Å². The molecule has 1 amide bonds. The number of aryl methyl sites for hydroxylation is 1. The maximum Gasteiger partial charge on any atom is 0.287 e. The molecule has 0 bridgehead atoms. The quantitative estimate of drug-likeness (QED) is 0.174.